The van der Waals surface area contributed by atoms with Crippen molar-refractivity contribution in [2.75, 3.05) is 0 Å². The van der Waals surface area contributed by atoms with Crippen molar-refractivity contribution >= 4 is 17.9 Å². The molecule has 0 saturated heterocycles. The number of rotatable bonds is 9. The average Bonchev–Trinajstić information content (AvgIpc) is 3.09. The molecule has 178 valence electrons. The van der Waals surface area contributed by atoms with E-state index >= 15 is 0 Å². The predicted octanol–water partition coefficient (Wildman–Crippen LogP) is 4.71. The van der Waals surface area contributed by atoms with Crippen molar-refractivity contribution in [2.45, 2.75) is 60.2 Å². The van der Waals surface area contributed by atoms with Crippen LogP contribution >= 0.6 is 0 Å². The van der Waals surface area contributed by atoms with E-state index in [0.717, 1.165) is 28.9 Å². The number of amides is 2. The van der Waals surface area contributed by atoms with Gasteiger partial charge in [0.25, 0.3) is 5.91 Å². The monoisotopic (exact) mass is 458 g/mol. The van der Waals surface area contributed by atoms with Gasteiger partial charge in [0.05, 0.1) is 12.2 Å². The van der Waals surface area contributed by atoms with Gasteiger partial charge >= 0.3 is 0 Å². The molecule has 1 heterocycles. The Labute approximate surface area is 202 Å². The van der Waals surface area contributed by atoms with E-state index in [1.807, 2.05) is 56.7 Å². The van der Waals surface area contributed by atoms with Gasteiger partial charge in [-0.25, -0.2) is 0 Å². The summed E-state index contributed by atoms with van der Waals surface area (Å²) >= 11 is 0. The standard InChI is InChI=1S/C28H34N4O2/c1-6-20(3)30-28(34)25-9-7-8-24(16-25)17-29-27(33)15-14-26-21(4)31-32(22(26)5)18-23-12-10-19(2)11-13-23/h7-16,20H,6,17-18H2,1-5H3,(H,29,33)(H,30,34)/b15-14+. The second-order valence-electron chi connectivity index (χ2n) is 8.76. The highest BCUT2D eigenvalue weighted by atomic mass is 16.2. The number of aromatic nitrogens is 2. The predicted molar refractivity (Wildman–Crippen MR) is 137 cm³/mol. The molecule has 0 radical (unpaired) electrons. The first-order valence-electron chi connectivity index (χ1n) is 11.7. The van der Waals surface area contributed by atoms with Gasteiger partial charge in [0, 0.05) is 35.5 Å². The van der Waals surface area contributed by atoms with E-state index in [0.29, 0.717) is 18.7 Å². The summed E-state index contributed by atoms with van der Waals surface area (Å²) in [6.45, 7) is 11.1. The third-order valence-electron chi connectivity index (χ3n) is 5.94. The Bertz CT molecular complexity index is 1180. The fraction of sp³-hybridized carbons (Fsp3) is 0.321. The zero-order chi connectivity index (χ0) is 24.7. The molecule has 1 atom stereocenters. The van der Waals surface area contributed by atoms with Crippen molar-refractivity contribution in [1.29, 1.82) is 0 Å². The average molecular weight is 459 g/mol. The fourth-order valence-corrected chi connectivity index (χ4v) is 3.61. The number of carbonyl (C=O) groups excluding carboxylic acids is 2. The van der Waals surface area contributed by atoms with Crippen LogP contribution in [0.5, 0.6) is 0 Å². The Morgan fingerprint density at radius 3 is 2.50 bits per heavy atom. The highest BCUT2D eigenvalue weighted by Crippen LogP contribution is 2.17. The molecule has 0 aliphatic rings. The van der Waals surface area contributed by atoms with Gasteiger partial charge in [-0.05, 0) is 63.5 Å². The number of hydrogen-bond donors (Lipinski definition) is 2. The lowest BCUT2D eigenvalue weighted by Gasteiger charge is -2.12. The summed E-state index contributed by atoms with van der Waals surface area (Å²) in [5.74, 6) is -0.296. The second-order valence-corrected chi connectivity index (χ2v) is 8.76. The molecule has 2 amide bonds. The van der Waals surface area contributed by atoms with Crippen LogP contribution in [-0.2, 0) is 17.9 Å². The number of aryl methyl sites for hydroxylation is 2. The number of benzene rings is 2. The third-order valence-corrected chi connectivity index (χ3v) is 5.94. The maximum Gasteiger partial charge on any atom is 0.251 e. The van der Waals surface area contributed by atoms with E-state index in [1.165, 1.54) is 17.2 Å². The lowest BCUT2D eigenvalue weighted by molar-refractivity contribution is -0.116. The van der Waals surface area contributed by atoms with Crippen molar-refractivity contribution in [1.82, 2.24) is 20.4 Å². The molecule has 1 unspecified atom stereocenters. The highest BCUT2D eigenvalue weighted by Gasteiger charge is 2.11. The molecule has 3 rings (SSSR count). The van der Waals surface area contributed by atoms with Gasteiger partial charge in [-0.15, -0.1) is 0 Å². The van der Waals surface area contributed by atoms with Gasteiger partial charge < -0.3 is 10.6 Å². The SMILES string of the molecule is CCC(C)NC(=O)c1cccc(CNC(=O)/C=C/c2c(C)nn(Cc3ccc(C)cc3)c2C)c1. The molecule has 6 heteroatoms. The second kappa shape index (κ2) is 11.5. The maximum absolute atomic E-state index is 12.4. The largest absolute Gasteiger partial charge is 0.350 e. The Morgan fingerprint density at radius 1 is 1.06 bits per heavy atom. The van der Waals surface area contributed by atoms with E-state index in [-0.39, 0.29) is 17.9 Å². The molecule has 2 aromatic carbocycles. The van der Waals surface area contributed by atoms with Crippen LogP contribution in [0.4, 0.5) is 0 Å². The quantitative estimate of drug-likeness (QED) is 0.456. The van der Waals surface area contributed by atoms with E-state index in [4.69, 9.17) is 0 Å². The van der Waals surface area contributed by atoms with Crippen LogP contribution in [-0.4, -0.2) is 27.6 Å². The summed E-state index contributed by atoms with van der Waals surface area (Å²) in [6.07, 6.45) is 4.22. The van der Waals surface area contributed by atoms with Crippen LogP contribution in [0.2, 0.25) is 0 Å². The summed E-state index contributed by atoms with van der Waals surface area (Å²) in [6, 6.07) is 15.9. The molecular formula is C28H34N4O2. The molecule has 1 aromatic heterocycles. The van der Waals surface area contributed by atoms with Crippen molar-refractivity contribution in [3.8, 4) is 0 Å². The zero-order valence-electron chi connectivity index (χ0n) is 20.7. The van der Waals surface area contributed by atoms with Crippen LogP contribution in [0.1, 0.15) is 64.3 Å². The molecule has 0 fully saturated rings. The molecule has 34 heavy (non-hydrogen) atoms. The minimum Gasteiger partial charge on any atom is -0.350 e. The van der Waals surface area contributed by atoms with E-state index < -0.39 is 0 Å². The van der Waals surface area contributed by atoms with Crippen molar-refractivity contribution in [3.05, 3.63) is 93.8 Å². The normalized spacial score (nSPS) is 12.0. The zero-order valence-corrected chi connectivity index (χ0v) is 20.7. The van der Waals surface area contributed by atoms with Gasteiger partial charge in [0.1, 0.15) is 0 Å². The molecule has 0 aliphatic heterocycles. The first kappa shape index (κ1) is 25.0. The Morgan fingerprint density at radius 2 is 1.79 bits per heavy atom. The summed E-state index contributed by atoms with van der Waals surface area (Å²) in [5.41, 5.74) is 6.73. The number of carbonyl (C=O) groups is 2. The Hall–Kier alpha value is -3.67. The van der Waals surface area contributed by atoms with Crippen LogP contribution < -0.4 is 10.6 Å². The van der Waals surface area contributed by atoms with E-state index in [2.05, 4.69) is 46.9 Å². The van der Waals surface area contributed by atoms with Crippen molar-refractivity contribution < 1.29 is 9.59 Å². The molecule has 0 bridgehead atoms. The Kier molecular flexibility index (Phi) is 8.41. The highest BCUT2D eigenvalue weighted by molar-refractivity contribution is 5.94. The van der Waals surface area contributed by atoms with Crippen LogP contribution in [0, 0.1) is 20.8 Å². The van der Waals surface area contributed by atoms with Crippen LogP contribution in [0.3, 0.4) is 0 Å². The first-order valence-corrected chi connectivity index (χ1v) is 11.7. The van der Waals surface area contributed by atoms with Crippen molar-refractivity contribution in [3.63, 3.8) is 0 Å². The molecule has 0 spiro atoms. The third kappa shape index (κ3) is 6.67. The molecule has 6 nitrogen and oxygen atoms in total. The maximum atomic E-state index is 12.4. The minimum absolute atomic E-state index is 0.101. The molecule has 2 N–H and O–H groups in total. The first-order chi connectivity index (χ1) is 16.3. The molecule has 3 aromatic rings. The minimum atomic E-state index is -0.195. The van der Waals surface area contributed by atoms with Gasteiger partial charge in [-0.2, -0.15) is 5.10 Å². The number of hydrogen-bond acceptors (Lipinski definition) is 3. The summed E-state index contributed by atoms with van der Waals surface area (Å²) < 4.78 is 1.97. The van der Waals surface area contributed by atoms with E-state index in [9.17, 15) is 9.59 Å². The van der Waals surface area contributed by atoms with E-state index in [1.54, 1.807) is 6.07 Å². The lowest BCUT2D eigenvalue weighted by Crippen LogP contribution is -2.32. The summed E-state index contributed by atoms with van der Waals surface area (Å²) in [4.78, 5) is 24.8. The lowest BCUT2D eigenvalue weighted by atomic mass is 10.1. The van der Waals surface area contributed by atoms with Gasteiger partial charge in [0.15, 0.2) is 0 Å². The molecular weight excluding hydrogens is 424 g/mol. The fourth-order valence-electron chi connectivity index (χ4n) is 3.61. The Balaban J connectivity index is 1.60. The van der Waals surface area contributed by atoms with Crippen molar-refractivity contribution in [2.24, 2.45) is 0 Å². The summed E-state index contributed by atoms with van der Waals surface area (Å²) in [7, 11) is 0. The van der Waals surface area contributed by atoms with Gasteiger partial charge in [0.2, 0.25) is 5.91 Å². The molecule has 0 aliphatic carbocycles. The summed E-state index contributed by atoms with van der Waals surface area (Å²) in [5, 5.41) is 10.5. The molecule has 0 saturated carbocycles. The van der Waals surface area contributed by atoms with Crippen LogP contribution in [0.15, 0.2) is 54.6 Å². The van der Waals surface area contributed by atoms with Gasteiger partial charge in [-0.1, -0.05) is 48.9 Å². The smallest absolute Gasteiger partial charge is 0.251 e. The van der Waals surface area contributed by atoms with Crippen LogP contribution in [0.25, 0.3) is 6.08 Å². The van der Waals surface area contributed by atoms with Gasteiger partial charge in [-0.3, -0.25) is 14.3 Å². The number of nitrogens with zero attached hydrogens (tertiary/aromatic N) is 2. The topological polar surface area (TPSA) is 76.0 Å². The number of nitrogens with one attached hydrogen (secondary N) is 2.